The fourth-order valence-electron chi connectivity index (χ4n) is 3.51. The number of nitrogens with zero attached hydrogens (tertiary/aromatic N) is 4. The number of aromatic nitrogens is 1. The van der Waals surface area contributed by atoms with Gasteiger partial charge in [-0.05, 0) is 47.7 Å². The van der Waals surface area contributed by atoms with Crippen molar-refractivity contribution >= 4 is 56.8 Å². The monoisotopic (exact) mass is 482 g/mol. The first-order chi connectivity index (χ1) is 16.6. The fourth-order valence-corrected chi connectivity index (χ4v) is 5.25. The molecule has 0 atom stereocenters. The highest BCUT2D eigenvalue weighted by Gasteiger charge is 2.35. The molecule has 5 nitrogen and oxygen atoms in total. The third kappa shape index (κ3) is 4.66. The Labute approximate surface area is 207 Å². The number of thiazole rings is 1. The van der Waals surface area contributed by atoms with Crippen LogP contribution in [-0.4, -0.2) is 30.2 Å². The Morgan fingerprint density at radius 2 is 1.59 bits per heavy atom. The molecule has 1 aromatic heterocycles. The summed E-state index contributed by atoms with van der Waals surface area (Å²) in [4.78, 5) is 27.3. The van der Waals surface area contributed by atoms with E-state index < -0.39 is 0 Å². The first-order valence-electron chi connectivity index (χ1n) is 10.7. The van der Waals surface area contributed by atoms with Crippen LogP contribution in [0.1, 0.15) is 5.56 Å². The minimum atomic E-state index is -0.0912. The number of benzene rings is 3. The summed E-state index contributed by atoms with van der Waals surface area (Å²) in [6.45, 7) is 0. The van der Waals surface area contributed by atoms with Gasteiger partial charge in [0.2, 0.25) is 5.13 Å². The summed E-state index contributed by atoms with van der Waals surface area (Å²) in [5.74, 6) is -0.0912. The van der Waals surface area contributed by atoms with Crippen LogP contribution in [0.4, 0.5) is 16.5 Å². The Hall–Kier alpha value is -3.68. The lowest BCUT2D eigenvalue weighted by atomic mass is 10.2. The molecule has 1 amide bonds. The van der Waals surface area contributed by atoms with Crippen molar-refractivity contribution in [1.82, 2.24) is 4.98 Å². The van der Waals surface area contributed by atoms with Crippen molar-refractivity contribution in [3.8, 4) is 11.3 Å². The van der Waals surface area contributed by atoms with Crippen LogP contribution >= 0.6 is 23.1 Å². The first kappa shape index (κ1) is 22.1. The number of hydrogen-bond donors (Lipinski definition) is 0. The summed E-state index contributed by atoms with van der Waals surface area (Å²) in [5.41, 5.74) is 4.78. The summed E-state index contributed by atoms with van der Waals surface area (Å²) < 4.78 is 0. The molecule has 5 rings (SSSR count). The van der Waals surface area contributed by atoms with Gasteiger partial charge in [0.15, 0.2) is 5.17 Å². The normalized spacial score (nSPS) is 15.9. The zero-order valence-corrected chi connectivity index (χ0v) is 20.4. The zero-order chi connectivity index (χ0) is 23.5. The number of carbonyl (C=O) groups is 1. The van der Waals surface area contributed by atoms with Crippen molar-refractivity contribution in [2.45, 2.75) is 0 Å². The van der Waals surface area contributed by atoms with Crippen LogP contribution in [0.5, 0.6) is 0 Å². The van der Waals surface area contributed by atoms with E-state index in [2.05, 4.69) is 4.98 Å². The van der Waals surface area contributed by atoms with E-state index in [4.69, 9.17) is 4.99 Å². The molecule has 4 aromatic rings. The Morgan fingerprint density at radius 1 is 0.912 bits per heavy atom. The Morgan fingerprint density at radius 3 is 2.26 bits per heavy atom. The van der Waals surface area contributed by atoms with Crippen LogP contribution in [0.2, 0.25) is 0 Å². The summed E-state index contributed by atoms with van der Waals surface area (Å²) >= 11 is 2.84. The van der Waals surface area contributed by atoms with Crippen molar-refractivity contribution in [2.24, 2.45) is 4.99 Å². The Balaban J connectivity index is 1.50. The predicted octanol–water partition coefficient (Wildman–Crippen LogP) is 6.68. The molecule has 1 aliphatic rings. The van der Waals surface area contributed by atoms with Crippen LogP contribution in [0.15, 0.2) is 100 Å². The Kier molecular flexibility index (Phi) is 6.29. The highest BCUT2D eigenvalue weighted by Crippen LogP contribution is 2.38. The lowest BCUT2D eigenvalue weighted by Crippen LogP contribution is -2.28. The van der Waals surface area contributed by atoms with Gasteiger partial charge < -0.3 is 4.90 Å². The fraction of sp³-hybridized carbons (Fsp3) is 0.0741. The minimum Gasteiger partial charge on any atom is -0.378 e. The molecule has 0 aliphatic carbocycles. The molecule has 0 saturated carbocycles. The summed E-state index contributed by atoms with van der Waals surface area (Å²) in [6, 6.07) is 27.8. The molecule has 34 heavy (non-hydrogen) atoms. The minimum absolute atomic E-state index is 0.0912. The van der Waals surface area contributed by atoms with E-state index in [9.17, 15) is 4.79 Å². The Bertz CT molecular complexity index is 1360. The molecule has 1 aliphatic heterocycles. The van der Waals surface area contributed by atoms with E-state index in [1.807, 2.05) is 115 Å². The number of hydrogen-bond acceptors (Lipinski definition) is 6. The number of aliphatic imine (C=N–C) groups is 1. The average molecular weight is 483 g/mol. The average Bonchev–Trinajstić information content (AvgIpc) is 3.45. The summed E-state index contributed by atoms with van der Waals surface area (Å²) in [6.07, 6.45) is 1.92. The van der Waals surface area contributed by atoms with E-state index in [1.54, 1.807) is 4.90 Å². The van der Waals surface area contributed by atoms with Gasteiger partial charge in [-0.1, -0.05) is 60.7 Å². The number of para-hydroxylation sites is 1. The van der Waals surface area contributed by atoms with Gasteiger partial charge in [0.05, 0.1) is 16.3 Å². The van der Waals surface area contributed by atoms with Crippen molar-refractivity contribution in [3.63, 3.8) is 0 Å². The maximum Gasteiger partial charge on any atom is 0.271 e. The third-order valence-corrected chi connectivity index (χ3v) is 6.98. The SMILES string of the molecule is CN(C)c1ccc(/C=C2\S/C(=N/c3nc(-c4ccccc4)cs3)N(c3ccccc3)C2=O)cc1. The summed E-state index contributed by atoms with van der Waals surface area (Å²) in [5, 5.41) is 3.21. The quantitative estimate of drug-likeness (QED) is 0.298. The molecule has 168 valence electrons. The van der Waals surface area contributed by atoms with E-state index in [-0.39, 0.29) is 5.91 Å². The highest BCUT2D eigenvalue weighted by molar-refractivity contribution is 8.19. The lowest BCUT2D eigenvalue weighted by molar-refractivity contribution is -0.113. The number of amides is 1. The van der Waals surface area contributed by atoms with Gasteiger partial charge in [-0.3, -0.25) is 9.69 Å². The van der Waals surface area contributed by atoms with Crippen molar-refractivity contribution in [2.75, 3.05) is 23.9 Å². The molecule has 1 saturated heterocycles. The van der Waals surface area contributed by atoms with Gasteiger partial charge in [0, 0.05) is 30.7 Å². The number of anilines is 2. The molecule has 0 spiro atoms. The van der Waals surface area contributed by atoms with Crippen LogP contribution in [-0.2, 0) is 4.79 Å². The largest absolute Gasteiger partial charge is 0.378 e. The predicted molar refractivity (Wildman–Crippen MR) is 145 cm³/mol. The van der Waals surface area contributed by atoms with Crippen LogP contribution < -0.4 is 9.80 Å². The van der Waals surface area contributed by atoms with Gasteiger partial charge in [0.1, 0.15) is 0 Å². The maximum absolute atomic E-state index is 13.4. The van der Waals surface area contributed by atoms with Crippen LogP contribution in [0.25, 0.3) is 17.3 Å². The topological polar surface area (TPSA) is 48.8 Å². The zero-order valence-electron chi connectivity index (χ0n) is 18.8. The lowest BCUT2D eigenvalue weighted by Gasteiger charge is -2.15. The van der Waals surface area contributed by atoms with Crippen molar-refractivity contribution in [1.29, 1.82) is 0 Å². The molecule has 0 radical (unpaired) electrons. The highest BCUT2D eigenvalue weighted by atomic mass is 32.2. The van der Waals surface area contributed by atoms with Gasteiger partial charge in [-0.25, -0.2) is 4.98 Å². The first-order valence-corrected chi connectivity index (χ1v) is 12.4. The number of rotatable bonds is 5. The van der Waals surface area contributed by atoms with Crippen molar-refractivity contribution < 1.29 is 4.79 Å². The molecule has 3 aromatic carbocycles. The van der Waals surface area contributed by atoms with E-state index in [1.165, 1.54) is 23.1 Å². The molecule has 2 heterocycles. The third-order valence-electron chi connectivity index (χ3n) is 5.28. The van der Waals surface area contributed by atoms with Gasteiger partial charge in [0.25, 0.3) is 5.91 Å². The van der Waals surface area contributed by atoms with Gasteiger partial charge >= 0.3 is 0 Å². The second-order valence-corrected chi connectivity index (χ2v) is 9.69. The smallest absolute Gasteiger partial charge is 0.271 e. The van der Waals surface area contributed by atoms with Crippen LogP contribution in [0.3, 0.4) is 0 Å². The molecule has 0 unspecified atom stereocenters. The standard InChI is InChI=1S/C27H22N4OS2/c1-30(2)21-15-13-19(14-16-21)17-24-25(32)31(22-11-7-4-8-12-22)27(34-24)29-26-28-23(18-33-26)20-9-5-3-6-10-20/h3-18H,1-2H3/b24-17-,29-27+. The molecule has 0 bridgehead atoms. The molecular formula is C27H22N4OS2. The number of amidine groups is 1. The molecular weight excluding hydrogens is 460 g/mol. The number of carbonyl (C=O) groups excluding carboxylic acids is 1. The van der Waals surface area contributed by atoms with Crippen LogP contribution in [0, 0.1) is 0 Å². The number of thioether (sulfide) groups is 1. The summed E-state index contributed by atoms with van der Waals surface area (Å²) in [7, 11) is 4.01. The molecule has 0 N–H and O–H groups in total. The second-order valence-electron chi connectivity index (χ2n) is 7.85. The van der Waals surface area contributed by atoms with Gasteiger partial charge in [-0.15, -0.1) is 11.3 Å². The van der Waals surface area contributed by atoms with Gasteiger partial charge in [-0.2, -0.15) is 4.99 Å². The van der Waals surface area contributed by atoms with E-state index >= 15 is 0 Å². The maximum atomic E-state index is 13.4. The molecule has 1 fully saturated rings. The van der Waals surface area contributed by atoms with E-state index in [0.717, 1.165) is 28.2 Å². The molecule has 7 heteroatoms. The van der Waals surface area contributed by atoms with Crippen molar-refractivity contribution in [3.05, 3.63) is 101 Å². The van der Waals surface area contributed by atoms with E-state index in [0.29, 0.717) is 15.2 Å². The second kappa shape index (κ2) is 9.67.